The van der Waals surface area contributed by atoms with Gasteiger partial charge >= 0.3 is 11.9 Å². The van der Waals surface area contributed by atoms with Gasteiger partial charge in [-0.25, -0.2) is 0 Å². The van der Waals surface area contributed by atoms with E-state index in [1.54, 1.807) is 0 Å². The van der Waals surface area contributed by atoms with Crippen molar-refractivity contribution in [2.45, 2.75) is 78.6 Å². The number of esters is 2. The lowest BCUT2D eigenvalue weighted by molar-refractivity contribution is -0.177. The Hall–Kier alpha value is -2.06. The second-order valence-corrected chi connectivity index (χ2v) is 10.9. The molecule has 8 heteroatoms. The van der Waals surface area contributed by atoms with Crippen LogP contribution in [-0.2, 0) is 28.7 Å². The summed E-state index contributed by atoms with van der Waals surface area (Å²) in [6.07, 6.45) is -1.58. The first-order valence-corrected chi connectivity index (χ1v) is 11.3. The molecule has 4 aliphatic carbocycles. The fourth-order valence-electron chi connectivity index (χ4n) is 7.09. The third kappa shape index (κ3) is 3.02. The van der Waals surface area contributed by atoms with Crippen molar-refractivity contribution in [2.75, 3.05) is 6.61 Å². The maximum absolute atomic E-state index is 13.8. The van der Waals surface area contributed by atoms with Crippen molar-refractivity contribution in [1.82, 2.24) is 0 Å². The Morgan fingerprint density at radius 1 is 1.06 bits per heavy atom. The van der Waals surface area contributed by atoms with Gasteiger partial charge in [-0.1, -0.05) is 27.2 Å². The molecule has 0 aromatic rings. The minimum absolute atomic E-state index is 0.0340. The van der Waals surface area contributed by atoms with Crippen LogP contribution in [0.4, 0.5) is 0 Å². The van der Waals surface area contributed by atoms with E-state index in [1.807, 2.05) is 20.8 Å². The number of Topliss-reactive ketones (excluding diaryl/α,β-unsaturated/α-hetero) is 2. The van der Waals surface area contributed by atoms with Crippen LogP contribution in [0.15, 0.2) is 11.1 Å². The molecule has 1 spiro atoms. The second kappa shape index (κ2) is 7.22. The summed E-state index contributed by atoms with van der Waals surface area (Å²) >= 11 is 0. The van der Waals surface area contributed by atoms with Gasteiger partial charge in [-0.15, -0.1) is 0 Å². The van der Waals surface area contributed by atoms with Crippen molar-refractivity contribution in [3.8, 4) is 0 Å². The highest BCUT2D eigenvalue weighted by atomic mass is 16.6. The van der Waals surface area contributed by atoms with Crippen LogP contribution in [0.2, 0.25) is 0 Å². The largest absolute Gasteiger partial charge is 0.466 e. The molecule has 0 aromatic heterocycles. The van der Waals surface area contributed by atoms with Gasteiger partial charge < -0.3 is 19.7 Å². The molecule has 176 valence electrons. The molecule has 8 nitrogen and oxygen atoms in total. The number of aliphatic hydroxyl groups excluding tert-OH is 2. The van der Waals surface area contributed by atoms with Crippen molar-refractivity contribution >= 4 is 23.5 Å². The molecule has 0 radical (unpaired) electrons. The Kier molecular flexibility index (Phi) is 5.21. The number of hydrogen-bond acceptors (Lipinski definition) is 8. The highest BCUT2D eigenvalue weighted by Crippen LogP contribution is 2.66. The number of ether oxygens (including phenoxy) is 2. The summed E-state index contributed by atoms with van der Waals surface area (Å²) in [5, 5.41) is 22.4. The lowest BCUT2D eigenvalue weighted by Crippen LogP contribution is -2.63. The predicted molar refractivity (Wildman–Crippen MR) is 111 cm³/mol. The molecule has 0 amide bonds. The molecule has 32 heavy (non-hydrogen) atoms. The minimum atomic E-state index is -1.55. The summed E-state index contributed by atoms with van der Waals surface area (Å²) in [5.41, 5.74) is -2.44. The molecule has 2 saturated carbocycles. The molecule has 2 N–H and O–H groups in total. The zero-order valence-corrected chi connectivity index (χ0v) is 19.3. The van der Waals surface area contributed by atoms with Crippen molar-refractivity contribution in [3.63, 3.8) is 0 Å². The van der Waals surface area contributed by atoms with E-state index >= 15 is 0 Å². The minimum Gasteiger partial charge on any atom is -0.466 e. The quantitative estimate of drug-likeness (QED) is 0.622. The molecule has 2 fully saturated rings. The van der Waals surface area contributed by atoms with Gasteiger partial charge in [-0.2, -0.15) is 0 Å². The summed E-state index contributed by atoms with van der Waals surface area (Å²) in [4.78, 5) is 50.5. The number of carbonyl (C=O) groups excluding carboxylic acids is 4. The highest BCUT2D eigenvalue weighted by Gasteiger charge is 2.73. The van der Waals surface area contributed by atoms with E-state index in [4.69, 9.17) is 9.47 Å². The van der Waals surface area contributed by atoms with Crippen LogP contribution in [0, 0.1) is 28.1 Å². The molecule has 7 unspecified atom stereocenters. The fourth-order valence-corrected chi connectivity index (χ4v) is 7.09. The Bertz CT molecular complexity index is 932. The third-order valence-electron chi connectivity index (χ3n) is 8.41. The van der Waals surface area contributed by atoms with Gasteiger partial charge in [0.25, 0.3) is 0 Å². The summed E-state index contributed by atoms with van der Waals surface area (Å²) < 4.78 is 10.6. The van der Waals surface area contributed by atoms with Gasteiger partial charge in [0.15, 0.2) is 11.6 Å². The van der Waals surface area contributed by atoms with Crippen LogP contribution in [-0.4, -0.2) is 58.6 Å². The number of rotatable bonds is 3. The Morgan fingerprint density at radius 3 is 2.31 bits per heavy atom. The normalized spacial score (nSPS) is 42.3. The van der Waals surface area contributed by atoms with E-state index in [1.165, 1.54) is 13.8 Å². The zero-order chi connectivity index (χ0) is 23.8. The molecular weight excluding hydrogens is 416 g/mol. The summed E-state index contributed by atoms with van der Waals surface area (Å²) in [5.74, 6) is -3.01. The van der Waals surface area contributed by atoms with Crippen LogP contribution in [0.25, 0.3) is 0 Å². The van der Waals surface area contributed by atoms with E-state index in [0.717, 1.165) is 12.8 Å². The van der Waals surface area contributed by atoms with E-state index in [2.05, 4.69) is 0 Å². The molecule has 0 saturated heterocycles. The average Bonchev–Trinajstić information content (AvgIpc) is 3.40. The number of fused-ring (bicyclic) bond motifs is 2. The van der Waals surface area contributed by atoms with Gasteiger partial charge in [-0.3, -0.25) is 19.2 Å². The fraction of sp³-hybridized carbons (Fsp3) is 0.750. The lowest BCUT2D eigenvalue weighted by atomic mass is 9.46. The van der Waals surface area contributed by atoms with Crippen molar-refractivity contribution in [2.24, 2.45) is 28.1 Å². The smallest absolute Gasteiger partial charge is 0.303 e. The van der Waals surface area contributed by atoms with Crippen LogP contribution < -0.4 is 0 Å². The zero-order valence-electron chi connectivity index (χ0n) is 19.3. The maximum Gasteiger partial charge on any atom is 0.303 e. The maximum atomic E-state index is 13.8. The number of aliphatic hydroxyl groups is 2. The molecular formula is C24H32O8. The van der Waals surface area contributed by atoms with Gasteiger partial charge in [0.05, 0.1) is 12.0 Å². The first-order chi connectivity index (χ1) is 14.8. The summed E-state index contributed by atoms with van der Waals surface area (Å²) in [7, 11) is 0. The summed E-state index contributed by atoms with van der Waals surface area (Å²) in [6.45, 7) is 8.36. The van der Waals surface area contributed by atoms with E-state index < -0.39 is 64.5 Å². The Morgan fingerprint density at radius 2 is 1.72 bits per heavy atom. The number of hydrogen-bond donors (Lipinski definition) is 2. The number of carbonyl (C=O) groups is 4. The van der Waals surface area contributed by atoms with Crippen molar-refractivity contribution < 1.29 is 38.9 Å². The topological polar surface area (TPSA) is 127 Å². The van der Waals surface area contributed by atoms with Gasteiger partial charge in [-0.05, 0) is 24.7 Å². The standard InChI is InChI=1S/C24H32O8/c1-11(25)31-10-13-9-24(13)20(29)14-15(17(28)21(24)30)23(5)8-6-7-22(3,4)19(23)18(16(14)27)32-12(2)26/h13,16,18-19,21,27,30H,6-10H2,1-5H3. The van der Waals surface area contributed by atoms with Gasteiger partial charge in [0, 0.05) is 42.2 Å². The van der Waals surface area contributed by atoms with E-state index in [-0.39, 0.29) is 29.6 Å². The highest BCUT2D eigenvalue weighted by molar-refractivity contribution is 6.19. The number of ketones is 2. The van der Waals surface area contributed by atoms with Crippen molar-refractivity contribution in [3.05, 3.63) is 11.1 Å². The molecule has 0 aromatic carbocycles. The summed E-state index contributed by atoms with van der Waals surface area (Å²) in [6, 6.07) is 0. The molecule has 4 rings (SSSR count). The monoisotopic (exact) mass is 448 g/mol. The Labute approximate surface area is 187 Å². The predicted octanol–water partition coefficient (Wildman–Crippen LogP) is 1.50. The molecule has 0 heterocycles. The average molecular weight is 449 g/mol. The first-order valence-electron chi connectivity index (χ1n) is 11.3. The van der Waals surface area contributed by atoms with Crippen LogP contribution in [0.3, 0.4) is 0 Å². The van der Waals surface area contributed by atoms with Crippen LogP contribution in [0.1, 0.15) is 60.3 Å². The third-order valence-corrected chi connectivity index (χ3v) is 8.41. The molecule has 0 bridgehead atoms. The van der Waals surface area contributed by atoms with E-state index in [9.17, 15) is 29.4 Å². The van der Waals surface area contributed by atoms with E-state index in [0.29, 0.717) is 6.42 Å². The second-order valence-electron chi connectivity index (χ2n) is 10.9. The molecule has 0 aliphatic heterocycles. The van der Waals surface area contributed by atoms with Crippen LogP contribution in [0.5, 0.6) is 0 Å². The molecule has 7 atom stereocenters. The van der Waals surface area contributed by atoms with Gasteiger partial charge in [0.1, 0.15) is 18.3 Å². The first kappa shape index (κ1) is 23.1. The lowest BCUT2D eigenvalue weighted by Gasteiger charge is -2.59. The molecule has 4 aliphatic rings. The van der Waals surface area contributed by atoms with Crippen LogP contribution >= 0.6 is 0 Å². The van der Waals surface area contributed by atoms with Gasteiger partial charge in [0.2, 0.25) is 0 Å². The SMILES string of the molecule is CC(=O)OCC1CC12C(=O)C1=C(C(=O)C2O)C2(C)CCCC(C)(C)C2C(OC(C)=O)C1O. The Balaban J connectivity index is 1.85. The van der Waals surface area contributed by atoms with Crippen molar-refractivity contribution in [1.29, 1.82) is 0 Å².